The Balaban J connectivity index is 0.000000688. The summed E-state index contributed by atoms with van der Waals surface area (Å²) in [6.45, 7) is 4.00. The van der Waals surface area contributed by atoms with Crippen LogP contribution in [0, 0.1) is 0 Å². The second-order valence-electron chi connectivity index (χ2n) is 4.89. The van der Waals surface area contributed by atoms with Gasteiger partial charge in [-0.25, -0.2) is 9.59 Å². The number of aliphatic carboxylic acids is 2. The minimum Gasteiger partial charge on any atom is -0.473 e. The molecule has 1 aromatic heterocycles. The van der Waals surface area contributed by atoms with E-state index >= 15 is 0 Å². The first-order valence-corrected chi connectivity index (χ1v) is 6.88. The molecule has 1 heterocycles. The quantitative estimate of drug-likeness (QED) is 0.496. The highest BCUT2D eigenvalue weighted by atomic mass is 16.4. The van der Waals surface area contributed by atoms with Crippen LogP contribution in [0.5, 0.6) is 0 Å². The van der Waals surface area contributed by atoms with Gasteiger partial charge in [0.2, 0.25) is 5.91 Å². The van der Waals surface area contributed by atoms with Gasteiger partial charge in [0.1, 0.15) is 5.76 Å². The molecule has 0 fully saturated rings. The van der Waals surface area contributed by atoms with Crippen molar-refractivity contribution in [3.63, 3.8) is 0 Å². The van der Waals surface area contributed by atoms with E-state index in [1.54, 1.807) is 12.3 Å². The number of amides is 1. The lowest BCUT2D eigenvalue weighted by atomic mass is 10.3. The molecule has 0 saturated carbocycles. The lowest BCUT2D eigenvalue weighted by Gasteiger charge is -2.15. The van der Waals surface area contributed by atoms with Gasteiger partial charge < -0.3 is 30.2 Å². The highest BCUT2D eigenvalue weighted by Crippen LogP contribution is 1.98. The molecule has 0 radical (unpaired) electrons. The van der Waals surface area contributed by atoms with Crippen molar-refractivity contribution in [3.05, 3.63) is 24.2 Å². The van der Waals surface area contributed by atoms with Crippen LogP contribution in [0.2, 0.25) is 0 Å². The van der Waals surface area contributed by atoms with Crippen LogP contribution >= 0.6 is 0 Å². The average Bonchev–Trinajstić information content (AvgIpc) is 2.98. The van der Waals surface area contributed by atoms with Gasteiger partial charge >= 0.3 is 11.9 Å². The monoisotopic (exact) mass is 329 g/mol. The lowest BCUT2D eigenvalue weighted by molar-refractivity contribution is -0.159. The highest BCUT2D eigenvalue weighted by Gasteiger charge is 2.11. The van der Waals surface area contributed by atoms with Crippen LogP contribution < -0.4 is 10.6 Å². The molecule has 0 spiro atoms. The molecule has 0 aliphatic heterocycles. The van der Waals surface area contributed by atoms with Crippen LogP contribution in [0.3, 0.4) is 0 Å². The summed E-state index contributed by atoms with van der Waals surface area (Å²) in [4.78, 5) is 32.0. The van der Waals surface area contributed by atoms with E-state index in [1.807, 2.05) is 27.1 Å². The van der Waals surface area contributed by atoms with Crippen LogP contribution in [0.4, 0.5) is 0 Å². The maximum atomic E-state index is 11.7. The normalized spacial score (nSPS) is 11.3. The van der Waals surface area contributed by atoms with Gasteiger partial charge in [-0.15, -0.1) is 0 Å². The summed E-state index contributed by atoms with van der Waals surface area (Å²) in [7, 11) is 4.01. The van der Waals surface area contributed by atoms with Gasteiger partial charge in [-0.2, -0.15) is 0 Å². The number of furan rings is 1. The third-order valence-electron chi connectivity index (χ3n) is 2.60. The largest absolute Gasteiger partial charge is 0.473 e. The maximum absolute atomic E-state index is 11.7. The minimum atomic E-state index is -1.82. The molecular formula is C14H23N3O6. The molecule has 1 atom stereocenters. The van der Waals surface area contributed by atoms with Crippen molar-refractivity contribution in [3.8, 4) is 0 Å². The lowest BCUT2D eigenvalue weighted by Crippen LogP contribution is -2.43. The first-order chi connectivity index (χ1) is 10.7. The second kappa shape index (κ2) is 11.2. The maximum Gasteiger partial charge on any atom is 0.414 e. The molecule has 9 heteroatoms. The summed E-state index contributed by atoms with van der Waals surface area (Å²) in [5.74, 6) is -2.90. The third-order valence-corrected chi connectivity index (χ3v) is 2.60. The number of hydrogen-bond donors (Lipinski definition) is 4. The first kappa shape index (κ1) is 20.6. The predicted octanol–water partition coefficient (Wildman–Crippen LogP) is -0.409. The van der Waals surface area contributed by atoms with Crippen LogP contribution in [0.25, 0.3) is 0 Å². The van der Waals surface area contributed by atoms with Crippen LogP contribution in [0.1, 0.15) is 12.7 Å². The SMILES string of the molecule is CC(NCCN(C)C)C(=O)NCc1ccco1.O=C(O)C(=O)O. The molecule has 0 aromatic carbocycles. The van der Waals surface area contributed by atoms with E-state index in [9.17, 15) is 4.79 Å². The van der Waals surface area contributed by atoms with E-state index in [-0.39, 0.29) is 11.9 Å². The summed E-state index contributed by atoms with van der Waals surface area (Å²) in [5.41, 5.74) is 0. The first-order valence-electron chi connectivity index (χ1n) is 6.88. The number of likely N-dealkylation sites (N-methyl/N-ethyl adjacent to an activating group) is 1. The Morgan fingerprint density at radius 2 is 1.87 bits per heavy atom. The fraction of sp³-hybridized carbons (Fsp3) is 0.500. The van der Waals surface area contributed by atoms with Crippen LogP contribution in [0.15, 0.2) is 22.8 Å². The number of nitrogens with zero attached hydrogens (tertiary/aromatic N) is 1. The molecule has 1 unspecified atom stereocenters. The molecule has 1 amide bonds. The molecule has 23 heavy (non-hydrogen) atoms. The zero-order valence-electron chi connectivity index (χ0n) is 13.4. The highest BCUT2D eigenvalue weighted by molar-refractivity contribution is 6.27. The number of rotatable bonds is 7. The van der Waals surface area contributed by atoms with Crippen molar-refractivity contribution in [2.45, 2.75) is 19.5 Å². The van der Waals surface area contributed by atoms with Gasteiger partial charge in [-0.1, -0.05) is 0 Å². The van der Waals surface area contributed by atoms with Gasteiger partial charge in [-0.05, 0) is 33.2 Å². The van der Waals surface area contributed by atoms with E-state index in [0.717, 1.165) is 18.8 Å². The topological polar surface area (TPSA) is 132 Å². The Bertz CT molecular complexity index is 475. The zero-order chi connectivity index (χ0) is 17.8. The summed E-state index contributed by atoms with van der Waals surface area (Å²) in [5, 5.41) is 20.8. The van der Waals surface area contributed by atoms with E-state index in [2.05, 4.69) is 15.5 Å². The summed E-state index contributed by atoms with van der Waals surface area (Å²) >= 11 is 0. The Kier molecular flexibility index (Phi) is 10.0. The standard InChI is InChI=1S/C12H21N3O2.C2H2O4/c1-10(13-6-7-15(2)3)12(16)14-9-11-5-4-8-17-11;3-1(4)2(5)6/h4-5,8,10,13H,6-7,9H2,1-3H3,(H,14,16);(H,3,4)(H,5,6). The molecule has 0 aliphatic rings. The summed E-state index contributed by atoms with van der Waals surface area (Å²) in [6.07, 6.45) is 1.60. The van der Waals surface area contributed by atoms with Crippen molar-refractivity contribution in [1.29, 1.82) is 0 Å². The van der Waals surface area contributed by atoms with E-state index in [0.29, 0.717) is 6.54 Å². The molecule has 4 N–H and O–H groups in total. The second-order valence-corrected chi connectivity index (χ2v) is 4.89. The van der Waals surface area contributed by atoms with E-state index < -0.39 is 11.9 Å². The smallest absolute Gasteiger partial charge is 0.414 e. The fourth-order valence-electron chi connectivity index (χ4n) is 1.34. The minimum absolute atomic E-state index is 0.0137. The molecule has 0 saturated heterocycles. The third kappa shape index (κ3) is 10.9. The van der Waals surface area contributed by atoms with E-state index in [1.165, 1.54) is 0 Å². The predicted molar refractivity (Wildman–Crippen MR) is 81.8 cm³/mol. The zero-order valence-corrected chi connectivity index (χ0v) is 13.4. The molecule has 1 rings (SSSR count). The van der Waals surface area contributed by atoms with Crippen molar-refractivity contribution in [1.82, 2.24) is 15.5 Å². The molecule has 130 valence electrons. The Hall–Kier alpha value is -2.39. The van der Waals surface area contributed by atoms with Gasteiger partial charge in [0.25, 0.3) is 0 Å². The number of carboxylic acid groups (broad SMARTS) is 2. The fourth-order valence-corrected chi connectivity index (χ4v) is 1.34. The average molecular weight is 329 g/mol. The van der Waals surface area contributed by atoms with E-state index in [4.69, 9.17) is 24.2 Å². The van der Waals surface area contributed by atoms with Crippen LogP contribution in [-0.2, 0) is 20.9 Å². The van der Waals surface area contributed by atoms with Gasteiger partial charge in [0.15, 0.2) is 0 Å². The Morgan fingerprint density at radius 1 is 1.26 bits per heavy atom. The molecule has 1 aromatic rings. The van der Waals surface area contributed by atoms with Crippen molar-refractivity contribution in [2.24, 2.45) is 0 Å². The number of carbonyl (C=O) groups is 3. The van der Waals surface area contributed by atoms with Crippen molar-refractivity contribution < 1.29 is 29.0 Å². The number of hydrogen-bond acceptors (Lipinski definition) is 6. The van der Waals surface area contributed by atoms with Gasteiger partial charge in [0.05, 0.1) is 18.8 Å². The van der Waals surface area contributed by atoms with Gasteiger partial charge in [-0.3, -0.25) is 4.79 Å². The summed E-state index contributed by atoms with van der Waals surface area (Å²) < 4.78 is 5.13. The van der Waals surface area contributed by atoms with Crippen molar-refractivity contribution >= 4 is 17.8 Å². The molecule has 0 aliphatic carbocycles. The van der Waals surface area contributed by atoms with Gasteiger partial charge in [0, 0.05) is 13.1 Å². The number of nitrogens with one attached hydrogen (secondary N) is 2. The molecule has 0 bridgehead atoms. The summed E-state index contributed by atoms with van der Waals surface area (Å²) in [6, 6.07) is 3.45. The number of carboxylic acids is 2. The number of carbonyl (C=O) groups excluding carboxylic acids is 1. The molecular weight excluding hydrogens is 306 g/mol. The Labute approximate surface area is 134 Å². The van der Waals surface area contributed by atoms with Crippen molar-refractivity contribution in [2.75, 3.05) is 27.2 Å². The Morgan fingerprint density at radius 3 is 2.30 bits per heavy atom. The molecule has 9 nitrogen and oxygen atoms in total. The van der Waals surface area contributed by atoms with Crippen LogP contribution in [-0.4, -0.2) is 66.2 Å².